The summed E-state index contributed by atoms with van der Waals surface area (Å²) in [4.78, 5) is 6.50. The van der Waals surface area contributed by atoms with Gasteiger partial charge in [0.05, 0.1) is 12.8 Å². The van der Waals surface area contributed by atoms with E-state index >= 15 is 0 Å². The van der Waals surface area contributed by atoms with Crippen molar-refractivity contribution in [3.63, 3.8) is 0 Å². The Morgan fingerprint density at radius 3 is 2.62 bits per heavy atom. The van der Waals surface area contributed by atoms with Gasteiger partial charge >= 0.3 is 0 Å². The number of ether oxygens (including phenoxy) is 1. The molecule has 4 heteroatoms. The fourth-order valence-corrected chi connectivity index (χ4v) is 1.70. The van der Waals surface area contributed by atoms with Crippen molar-refractivity contribution < 1.29 is 4.74 Å². The average molecular weight is 287 g/mol. The normalized spacial score (nSPS) is 10.8. The predicted molar refractivity (Wildman–Crippen MR) is 69.8 cm³/mol. The third kappa shape index (κ3) is 4.94. The molecule has 0 fully saturated rings. The first-order chi connectivity index (χ1) is 7.76. The number of hydrogen-bond acceptors (Lipinski definition) is 3. The van der Waals surface area contributed by atoms with E-state index in [4.69, 9.17) is 4.74 Å². The van der Waals surface area contributed by atoms with E-state index in [1.54, 1.807) is 6.20 Å². The third-order valence-corrected chi connectivity index (χ3v) is 2.95. The van der Waals surface area contributed by atoms with Gasteiger partial charge in [-0.2, -0.15) is 0 Å². The van der Waals surface area contributed by atoms with Crippen LogP contribution in [0.3, 0.4) is 0 Å². The molecule has 1 aromatic rings. The molecule has 0 N–H and O–H groups in total. The van der Waals surface area contributed by atoms with Gasteiger partial charge in [-0.05, 0) is 47.6 Å². The third-order valence-electron chi connectivity index (χ3n) is 2.48. The van der Waals surface area contributed by atoms with E-state index in [-0.39, 0.29) is 0 Å². The van der Waals surface area contributed by atoms with Gasteiger partial charge in [0, 0.05) is 6.54 Å². The molecule has 3 nitrogen and oxygen atoms in total. The molecule has 90 valence electrons. The van der Waals surface area contributed by atoms with Crippen LogP contribution < -0.4 is 4.74 Å². The van der Waals surface area contributed by atoms with Gasteiger partial charge in [-0.1, -0.05) is 13.8 Å². The summed E-state index contributed by atoms with van der Waals surface area (Å²) in [6, 6.07) is 3.81. The van der Waals surface area contributed by atoms with Crippen LogP contribution in [0.5, 0.6) is 5.75 Å². The summed E-state index contributed by atoms with van der Waals surface area (Å²) < 4.78 is 6.43. The van der Waals surface area contributed by atoms with Crippen LogP contribution >= 0.6 is 15.9 Å². The maximum atomic E-state index is 5.59. The van der Waals surface area contributed by atoms with Crippen molar-refractivity contribution in [1.29, 1.82) is 0 Å². The lowest BCUT2D eigenvalue weighted by Crippen LogP contribution is -2.25. The Labute approximate surface area is 106 Å². The molecule has 1 rings (SSSR count). The van der Waals surface area contributed by atoms with Gasteiger partial charge < -0.3 is 9.64 Å². The van der Waals surface area contributed by atoms with Gasteiger partial charge in [-0.3, -0.25) is 0 Å². The highest BCUT2D eigenvalue weighted by Crippen LogP contribution is 2.12. The van der Waals surface area contributed by atoms with E-state index in [2.05, 4.69) is 39.7 Å². The number of hydrogen-bond donors (Lipinski definition) is 0. The lowest BCUT2D eigenvalue weighted by atomic mass is 10.4. The Morgan fingerprint density at radius 2 is 2.06 bits per heavy atom. The summed E-state index contributed by atoms with van der Waals surface area (Å²) in [6.07, 6.45) is 2.79. The number of nitrogens with zero attached hydrogens (tertiary/aromatic N) is 2. The average Bonchev–Trinajstić information content (AvgIpc) is 2.32. The standard InChI is InChI=1S/C12H19BrN2O/c1-3-15(4-2)8-5-9-16-11-6-7-12(13)14-10-11/h6-7,10H,3-5,8-9H2,1-2H3. The highest BCUT2D eigenvalue weighted by atomic mass is 79.9. The molecule has 0 aliphatic carbocycles. The van der Waals surface area contributed by atoms with Gasteiger partial charge in [0.2, 0.25) is 0 Å². The molecule has 0 saturated heterocycles. The Kier molecular flexibility index (Phi) is 6.42. The first kappa shape index (κ1) is 13.5. The molecule has 0 aliphatic heterocycles. The molecule has 0 unspecified atom stereocenters. The number of rotatable bonds is 7. The summed E-state index contributed by atoms with van der Waals surface area (Å²) in [7, 11) is 0. The largest absolute Gasteiger partial charge is 0.492 e. The minimum absolute atomic E-state index is 0.750. The Balaban J connectivity index is 2.18. The Hall–Kier alpha value is -0.610. The summed E-state index contributed by atoms with van der Waals surface area (Å²) in [5.74, 6) is 0.836. The van der Waals surface area contributed by atoms with E-state index < -0.39 is 0 Å². The van der Waals surface area contributed by atoms with Crippen LogP contribution in [-0.2, 0) is 0 Å². The van der Waals surface area contributed by atoms with Crippen molar-refractivity contribution >= 4 is 15.9 Å². The zero-order valence-corrected chi connectivity index (χ0v) is 11.5. The quantitative estimate of drug-likeness (QED) is 0.569. The second kappa shape index (κ2) is 7.63. The fourth-order valence-electron chi connectivity index (χ4n) is 1.47. The highest BCUT2D eigenvalue weighted by molar-refractivity contribution is 9.10. The molecule has 1 aromatic heterocycles. The SMILES string of the molecule is CCN(CC)CCCOc1ccc(Br)nc1. The van der Waals surface area contributed by atoms with Gasteiger partial charge in [0.1, 0.15) is 10.4 Å². The molecule has 0 aliphatic rings. The van der Waals surface area contributed by atoms with Crippen LogP contribution in [0.25, 0.3) is 0 Å². The molecular formula is C12H19BrN2O. The second-order valence-corrected chi connectivity index (χ2v) is 4.36. The minimum Gasteiger partial charge on any atom is -0.492 e. The van der Waals surface area contributed by atoms with Gasteiger partial charge in [-0.25, -0.2) is 4.98 Å². The van der Waals surface area contributed by atoms with Crippen molar-refractivity contribution in [2.24, 2.45) is 0 Å². The lowest BCUT2D eigenvalue weighted by Gasteiger charge is -2.17. The van der Waals surface area contributed by atoms with E-state index in [0.29, 0.717) is 0 Å². The van der Waals surface area contributed by atoms with E-state index in [9.17, 15) is 0 Å². The molecule has 0 amide bonds. The van der Waals surface area contributed by atoms with Crippen molar-refractivity contribution in [1.82, 2.24) is 9.88 Å². The number of pyridine rings is 1. The maximum Gasteiger partial charge on any atom is 0.137 e. The van der Waals surface area contributed by atoms with Gasteiger partial charge in [-0.15, -0.1) is 0 Å². The number of halogens is 1. The van der Waals surface area contributed by atoms with Crippen molar-refractivity contribution in [2.45, 2.75) is 20.3 Å². The van der Waals surface area contributed by atoms with Crippen LogP contribution in [0, 0.1) is 0 Å². The molecule has 1 heterocycles. The van der Waals surface area contributed by atoms with Gasteiger partial charge in [0.25, 0.3) is 0 Å². The summed E-state index contributed by atoms with van der Waals surface area (Å²) in [5, 5.41) is 0. The molecule has 0 radical (unpaired) electrons. The molecule has 16 heavy (non-hydrogen) atoms. The van der Waals surface area contributed by atoms with E-state index in [1.165, 1.54) is 0 Å². The highest BCUT2D eigenvalue weighted by Gasteiger charge is 1.99. The first-order valence-corrected chi connectivity index (χ1v) is 6.52. The van der Waals surface area contributed by atoms with Crippen LogP contribution in [-0.4, -0.2) is 36.1 Å². The first-order valence-electron chi connectivity index (χ1n) is 5.73. The molecule has 0 atom stereocenters. The fraction of sp³-hybridized carbons (Fsp3) is 0.583. The second-order valence-electron chi connectivity index (χ2n) is 3.55. The van der Waals surface area contributed by atoms with Crippen molar-refractivity contribution in [3.8, 4) is 5.75 Å². The Bertz CT molecular complexity index is 286. The predicted octanol–water partition coefficient (Wildman–Crippen LogP) is 2.95. The van der Waals surface area contributed by atoms with Crippen LogP contribution in [0.1, 0.15) is 20.3 Å². The topological polar surface area (TPSA) is 25.4 Å². The zero-order valence-electron chi connectivity index (χ0n) is 9.95. The molecule has 0 saturated carbocycles. The van der Waals surface area contributed by atoms with Crippen LogP contribution in [0.4, 0.5) is 0 Å². The Morgan fingerprint density at radius 1 is 1.31 bits per heavy atom. The van der Waals surface area contributed by atoms with Crippen molar-refractivity contribution in [2.75, 3.05) is 26.2 Å². The molecule has 0 bridgehead atoms. The molecule has 0 aromatic carbocycles. The monoisotopic (exact) mass is 286 g/mol. The zero-order chi connectivity index (χ0) is 11.8. The molecular weight excluding hydrogens is 268 g/mol. The molecule has 0 spiro atoms. The number of aromatic nitrogens is 1. The van der Waals surface area contributed by atoms with Crippen molar-refractivity contribution in [3.05, 3.63) is 22.9 Å². The summed E-state index contributed by atoms with van der Waals surface area (Å²) in [6.45, 7) is 8.43. The van der Waals surface area contributed by atoms with Crippen LogP contribution in [0.15, 0.2) is 22.9 Å². The van der Waals surface area contributed by atoms with E-state index in [0.717, 1.165) is 43.0 Å². The smallest absolute Gasteiger partial charge is 0.137 e. The lowest BCUT2D eigenvalue weighted by molar-refractivity contribution is 0.248. The summed E-state index contributed by atoms with van der Waals surface area (Å²) >= 11 is 3.29. The summed E-state index contributed by atoms with van der Waals surface area (Å²) in [5.41, 5.74) is 0. The minimum atomic E-state index is 0.750. The van der Waals surface area contributed by atoms with Crippen LogP contribution in [0.2, 0.25) is 0 Å². The maximum absolute atomic E-state index is 5.59. The van der Waals surface area contributed by atoms with E-state index in [1.807, 2.05) is 12.1 Å². The van der Waals surface area contributed by atoms with Gasteiger partial charge in [0.15, 0.2) is 0 Å².